The van der Waals surface area contributed by atoms with Crippen LogP contribution in [-0.4, -0.2) is 97.6 Å². The molecule has 1 unspecified atom stereocenters. The summed E-state index contributed by atoms with van der Waals surface area (Å²) in [7, 11) is 0. The van der Waals surface area contributed by atoms with Gasteiger partial charge < -0.3 is 15.0 Å². The van der Waals surface area contributed by atoms with E-state index in [9.17, 15) is 9.59 Å². The number of nitrogens with zero attached hydrogens (tertiary/aromatic N) is 3. The Bertz CT molecular complexity index is 467. The van der Waals surface area contributed by atoms with Gasteiger partial charge in [-0.05, 0) is 19.8 Å². The van der Waals surface area contributed by atoms with Gasteiger partial charge in [0.05, 0.1) is 25.8 Å². The zero-order valence-corrected chi connectivity index (χ0v) is 16.1. The second kappa shape index (κ2) is 9.67. The summed E-state index contributed by atoms with van der Waals surface area (Å²) in [5.74, 6) is 0.343. The van der Waals surface area contributed by atoms with Crippen molar-refractivity contribution in [1.82, 2.24) is 20.0 Å². The lowest BCUT2D eigenvalue weighted by atomic mass is 9.95. The quantitative estimate of drug-likeness (QED) is 0.758. The second-order valence-electron chi connectivity index (χ2n) is 7.82. The molecule has 0 bridgehead atoms. The monoisotopic (exact) mass is 366 g/mol. The Kier molecular flexibility index (Phi) is 7.28. The Hall–Kier alpha value is -1.18. The lowest BCUT2D eigenvalue weighted by Crippen LogP contribution is -2.57. The maximum Gasteiger partial charge on any atom is 0.237 e. The van der Waals surface area contributed by atoms with Gasteiger partial charge in [0.25, 0.3) is 0 Å². The molecule has 0 aromatic carbocycles. The van der Waals surface area contributed by atoms with Crippen molar-refractivity contribution in [3.8, 4) is 0 Å². The first kappa shape index (κ1) is 19.6. The largest absolute Gasteiger partial charge is 0.379 e. The summed E-state index contributed by atoms with van der Waals surface area (Å²) < 4.78 is 5.33. The van der Waals surface area contributed by atoms with Crippen LogP contribution in [0.15, 0.2) is 0 Å². The maximum atomic E-state index is 12.5. The van der Waals surface area contributed by atoms with Crippen LogP contribution in [0.1, 0.15) is 39.0 Å². The third-order valence-electron chi connectivity index (χ3n) is 6.01. The summed E-state index contributed by atoms with van der Waals surface area (Å²) in [5.41, 5.74) is 0. The van der Waals surface area contributed by atoms with Gasteiger partial charge in [0.1, 0.15) is 0 Å². The van der Waals surface area contributed by atoms with Crippen LogP contribution in [0, 0.1) is 0 Å². The van der Waals surface area contributed by atoms with E-state index in [-0.39, 0.29) is 17.9 Å². The minimum absolute atomic E-state index is 0.117. The van der Waals surface area contributed by atoms with E-state index in [1.165, 1.54) is 19.3 Å². The number of carbonyl (C=O) groups is 2. The second-order valence-corrected chi connectivity index (χ2v) is 7.82. The molecule has 0 aromatic rings. The normalized spacial score (nSPS) is 25.0. The average Bonchev–Trinajstić information content (AvgIpc) is 2.69. The molecule has 2 aliphatic heterocycles. The fourth-order valence-corrected chi connectivity index (χ4v) is 4.14. The number of piperazine rings is 1. The summed E-state index contributed by atoms with van der Waals surface area (Å²) in [6.45, 7) is 8.55. The van der Waals surface area contributed by atoms with E-state index < -0.39 is 0 Å². The Morgan fingerprint density at radius 3 is 2.31 bits per heavy atom. The molecule has 0 radical (unpaired) electrons. The van der Waals surface area contributed by atoms with Crippen molar-refractivity contribution in [2.75, 3.05) is 59.0 Å². The van der Waals surface area contributed by atoms with Crippen molar-refractivity contribution in [2.24, 2.45) is 0 Å². The molecule has 2 amide bonds. The van der Waals surface area contributed by atoms with Gasteiger partial charge in [-0.25, -0.2) is 0 Å². The van der Waals surface area contributed by atoms with Crippen LogP contribution in [0.2, 0.25) is 0 Å². The first-order chi connectivity index (χ1) is 12.6. The van der Waals surface area contributed by atoms with Crippen LogP contribution < -0.4 is 5.32 Å². The van der Waals surface area contributed by atoms with Gasteiger partial charge in [0.15, 0.2) is 0 Å². The molecule has 1 atom stereocenters. The van der Waals surface area contributed by atoms with Gasteiger partial charge >= 0.3 is 0 Å². The summed E-state index contributed by atoms with van der Waals surface area (Å²) in [5, 5.41) is 3.22. The van der Waals surface area contributed by atoms with E-state index in [1.54, 1.807) is 0 Å². The minimum Gasteiger partial charge on any atom is -0.379 e. The summed E-state index contributed by atoms with van der Waals surface area (Å²) in [6.07, 6.45) is 5.97. The SMILES string of the molecule is CC(C(=O)NC1CCCCC1)N1CCN(C(=O)CN2CCOCC2)CC1. The predicted octanol–water partition coefficient (Wildman–Crippen LogP) is 0.300. The van der Waals surface area contributed by atoms with Crippen LogP contribution >= 0.6 is 0 Å². The highest BCUT2D eigenvalue weighted by molar-refractivity contribution is 5.82. The summed E-state index contributed by atoms with van der Waals surface area (Å²) in [6, 6.07) is 0.239. The number of hydrogen-bond acceptors (Lipinski definition) is 5. The van der Waals surface area contributed by atoms with E-state index >= 15 is 0 Å². The number of carbonyl (C=O) groups excluding carboxylic acids is 2. The lowest BCUT2D eigenvalue weighted by Gasteiger charge is -2.39. The standard InChI is InChI=1S/C19H34N4O3/c1-16(19(25)20-17-5-3-2-4-6-17)22-7-9-23(10-8-22)18(24)15-21-11-13-26-14-12-21/h16-17H,2-15H2,1H3,(H,20,25). The molecule has 148 valence electrons. The first-order valence-corrected chi connectivity index (χ1v) is 10.3. The molecule has 26 heavy (non-hydrogen) atoms. The minimum atomic E-state index is -0.117. The summed E-state index contributed by atoms with van der Waals surface area (Å²) in [4.78, 5) is 31.3. The zero-order valence-electron chi connectivity index (χ0n) is 16.1. The molecule has 1 N–H and O–H groups in total. The maximum absolute atomic E-state index is 12.5. The van der Waals surface area contributed by atoms with Crippen LogP contribution in [-0.2, 0) is 14.3 Å². The Morgan fingerprint density at radius 2 is 1.65 bits per heavy atom. The van der Waals surface area contributed by atoms with Gasteiger partial charge in [-0.2, -0.15) is 0 Å². The molecule has 0 spiro atoms. The molecule has 3 aliphatic rings. The average molecular weight is 367 g/mol. The van der Waals surface area contributed by atoms with E-state index in [0.717, 1.165) is 39.0 Å². The molecular formula is C19H34N4O3. The zero-order chi connectivity index (χ0) is 18.4. The van der Waals surface area contributed by atoms with Gasteiger partial charge in [0.2, 0.25) is 11.8 Å². The third kappa shape index (κ3) is 5.41. The lowest BCUT2D eigenvalue weighted by molar-refractivity contribution is -0.136. The summed E-state index contributed by atoms with van der Waals surface area (Å²) >= 11 is 0. The number of hydrogen-bond donors (Lipinski definition) is 1. The molecule has 7 heteroatoms. The van der Waals surface area contributed by atoms with Crippen molar-refractivity contribution >= 4 is 11.8 Å². The van der Waals surface area contributed by atoms with Crippen molar-refractivity contribution in [2.45, 2.75) is 51.1 Å². The van der Waals surface area contributed by atoms with Crippen molar-refractivity contribution in [1.29, 1.82) is 0 Å². The first-order valence-electron chi connectivity index (χ1n) is 10.3. The van der Waals surface area contributed by atoms with E-state index in [0.29, 0.717) is 38.9 Å². The van der Waals surface area contributed by atoms with Gasteiger partial charge in [-0.1, -0.05) is 19.3 Å². The van der Waals surface area contributed by atoms with Crippen LogP contribution in [0.25, 0.3) is 0 Å². The molecule has 2 heterocycles. The third-order valence-corrected chi connectivity index (χ3v) is 6.01. The fraction of sp³-hybridized carbons (Fsp3) is 0.895. The highest BCUT2D eigenvalue weighted by Gasteiger charge is 2.29. The number of nitrogens with one attached hydrogen (secondary N) is 1. The molecule has 0 aromatic heterocycles. The van der Waals surface area contributed by atoms with Gasteiger partial charge in [0, 0.05) is 45.3 Å². The molecule has 3 fully saturated rings. The predicted molar refractivity (Wildman–Crippen MR) is 99.9 cm³/mol. The van der Waals surface area contributed by atoms with Crippen molar-refractivity contribution in [3.05, 3.63) is 0 Å². The molecule has 3 rings (SSSR count). The van der Waals surface area contributed by atoms with Crippen LogP contribution in [0.4, 0.5) is 0 Å². The number of morpholine rings is 1. The Morgan fingerprint density at radius 1 is 1.00 bits per heavy atom. The highest BCUT2D eigenvalue weighted by Crippen LogP contribution is 2.18. The molecular weight excluding hydrogens is 332 g/mol. The molecule has 1 saturated carbocycles. The number of rotatable bonds is 5. The van der Waals surface area contributed by atoms with Crippen LogP contribution in [0.3, 0.4) is 0 Å². The molecule has 1 aliphatic carbocycles. The topological polar surface area (TPSA) is 65.1 Å². The van der Waals surface area contributed by atoms with E-state index in [4.69, 9.17) is 4.74 Å². The van der Waals surface area contributed by atoms with E-state index in [2.05, 4.69) is 15.1 Å². The van der Waals surface area contributed by atoms with Gasteiger partial charge in [-0.3, -0.25) is 19.4 Å². The smallest absolute Gasteiger partial charge is 0.237 e. The Balaban J connectivity index is 1.39. The molecule has 2 saturated heterocycles. The number of ether oxygens (including phenoxy) is 1. The fourth-order valence-electron chi connectivity index (χ4n) is 4.14. The van der Waals surface area contributed by atoms with Gasteiger partial charge in [-0.15, -0.1) is 0 Å². The number of amides is 2. The highest BCUT2D eigenvalue weighted by atomic mass is 16.5. The molecule has 7 nitrogen and oxygen atoms in total. The Labute approximate surface area is 157 Å². The van der Waals surface area contributed by atoms with Crippen molar-refractivity contribution in [3.63, 3.8) is 0 Å². The van der Waals surface area contributed by atoms with Crippen LogP contribution in [0.5, 0.6) is 0 Å². The van der Waals surface area contributed by atoms with E-state index in [1.807, 2.05) is 11.8 Å². The van der Waals surface area contributed by atoms with Crippen molar-refractivity contribution < 1.29 is 14.3 Å².